The van der Waals surface area contributed by atoms with Gasteiger partial charge in [0.25, 0.3) is 0 Å². The van der Waals surface area contributed by atoms with Crippen LogP contribution in [0.15, 0.2) is 52.9 Å². The number of anilines is 1. The second-order valence-corrected chi connectivity index (χ2v) is 7.65. The third-order valence-corrected chi connectivity index (χ3v) is 5.37. The number of nitrogens with zero attached hydrogens (tertiary/aromatic N) is 3. The summed E-state index contributed by atoms with van der Waals surface area (Å²) in [6.07, 6.45) is 3.43. The SMILES string of the molecule is O=C(O)c1cc(F)ccc1/C=N/N(c1nc(-c2ccc(Cl)cc2)cs1)C1CC1. The molecule has 142 valence electrons. The Labute approximate surface area is 169 Å². The normalized spacial score (nSPS) is 13.8. The van der Waals surface area contributed by atoms with Crippen LogP contribution in [-0.2, 0) is 0 Å². The molecule has 2 aromatic carbocycles. The van der Waals surface area contributed by atoms with E-state index in [0.717, 1.165) is 35.3 Å². The smallest absolute Gasteiger partial charge is 0.336 e. The number of hydrazone groups is 1. The number of aromatic carboxylic acids is 1. The van der Waals surface area contributed by atoms with Crippen LogP contribution in [0.25, 0.3) is 11.3 Å². The maximum Gasteiger partial charge on any atom is 0.336 e. The Balaban J connectivity index is 1.62. The number of hydrogen-bond acceptors (Lipinski definition) is 5. The molecule has 3 aromatic rings. The summed E-state index contributed by atoms with van der Waals surface area (Å²) in [5, 5.41) is 18.9. The van der Waals surface area contributed by atoms with E-state index in [1.54, 1.807) is 5.01 Å². The summed E-state index contributed by atoms with van der Waals surface area (Å²) in [6, 6.07) is 11.3. The minimum absolute atomic E-state index is 0.125. The predicted octanol–water partition coefficient (Wildman–Crippen LogP) is 5.30. The maximum atomic E-state index is 13.4. The van der Waals surface area contributed by atoms with E-state index in [2.05, 4.69) is 10.1 Å². The Kier molecular flexibility index (Phi) is 5.11. The first kappa shape index (κ1) is 18.6. The van der Waals surface area contributed by atoms with Gasteiger partial charge in [0, 0.05) is 21.5 Å². The number of thiazole rings is 1. The van der Waals surface area contributed by atoms with Gasteiger partial charge in [-0.2, -0.15) is 5.10 Å². The van der Waals surface area contributed by atoms with E-state index in [4.69, 9.17) is 11.6 Å². The molecule has 0 saturated heterocycles. The molecule has 1 fully saturated rings. The molecular formula is C20H15ClFN3O2S. The lowest BCUT2D eigenvalue weighted by Gasteiger charge is -2.14. The lowest BCUT2D eigenvalue weighted by atomic mass is 10.1. The Morgan fingerprint density at radius 2 is 2.04 bits per heavy atom. The van der Waals surface area contributed by atoms with Crippen molar-refractivity contribution >= 4 is 40.3 Å². The van der Waals surface area contributed by atoms with Gasteiger partial charge in [-0.05, 0) is 43.2 Å². The molecule has 0 unspecified atom stereocenters. The van der Waals surface area contributed by atoms with E-state index in [-0.39, 0.29) is 11.6 Å². The summed E-state index contributed by atoms with van der Waals surface area (Å²) < 4.78 is 13.4. The monoisotopic (exact) mass is 415 g/mol. The molecule has 28 heavy (non-hydrogen) atoms. The number of carbonyl (C=O) groups is 1. The topological polar surface area (TPSA) is 65.8 Å². The highest BCUT2D eigenvalue weighted by Crippen LogP contribution is 2.36. The number of carboxylic acids is 1. The van der Waals surface area contributed by atoms with E-state index < -0.39 is 11.8 Å². The molecule has 0 radical (unpaired) electrons. The first-order valence-electron chi connectivity index (χ1n) is 8.59. The standard InChI is InChI=1S/C20H15ClFN3O2S/c21-14-4-1-12(2-5-14)18-11-28-20(24-18)25(16-7-8-16)23-10-13-3-6-15(22)9-17(13)19(26)27/h1-6,9-11,16H,7-8H2,(H,26,27)/b23-10+. The summed E-state index contributed by atoms with van der Waals surface area (Å²) in [6.45, 7) is 0. The van der Waals surface area contributed by atoms with Crippen LogP contribution in [0.4, 0.5) is 9.52 Å². The lowest BCUT2D eigenvalue weighted by molar-refractivity contribution is 0.0696. The molecule has 0 aliphatic heterocycles. The molecule has 0 amide bonds. The highest BCUT2D eigenvalue weighted by atomic mass is 35.5. The number of hydrogen-bond donors (Lipinski definition) is 1. The molecule has 1 heterocycles. The third-order valence-electron chi connectivity index (χ3n) is 4.29. The Hall–Kier alpha value is -2.77. The van der Waals surface area contributed by atoms with Crippen molar-refractivity contribution in [2.75, 3.05) is 5.01 Å². The summed E-state index contributed by atoms with van der Waals surface area (Å²) in [4.78, 5) is 16.0. The van der Waals surface area contributed by atoms with E-state index in [1.165, 1.54) is 29.7 Å². The number of carboxylic acid groups (broad SMARTS) is 1. The van der Waals surface area contributed by atoms with Crippen LogP contribution in [0.2, 0.25) is 5.02 Å². The number of rotatable bonds is 6. The summed E-state index contributed by atoms with van der Waals surface area (Å²) in [7, 11) is 0. The van der Waals surface area contributed by atoms with Gasteiger partial charge in [0.1, 0.15) is 5.82 Å². The van der Waals surface area contributed by atoms with Gasteiger partial charge in [-0.1, -0.05) is 23.7 Å². The third kappa shape index (κ3) is 4.05. The average Bonchev–Trinajstić information content (AvgIpc) is 3.40. The zero-order chi connectivity index (χ0) is 19.7. The van der Waals surface area contributed by atoms with Crippen molar-refractivity contribution in [1.82, 2.24) is 4.98 Å². The Morgan fingerprint density at radius 3 is 2.71 bits per heavy atom. The number of benzene rings is 2. The molecule has 1 aliphatic rings. The second kappa shape index (κ2) is 7.69. The van der Waals surface area contributed by atoms with Gasteiger partial charge in [0.2, 0.25) is 5.13 Å². The zero-order valence-electron chi connectivity index (χ0n) is 14.5. The van der Waals surface area contributed by atoms with Gasteiger partial charge in [0.05, 0.1) is 23.5 Å². The van der Waals surface area contributed by atoms with Crippen molar-refractivity contribution in [3.63, 3.8) is 0 Å². The van der Waals surface area contributed by atoms with Crippen LogP contribution < -0.4 is 5.01 Å². The Bertz CT molecular complexity index is 1050. The van der Waals surface area contributed by atoms with Crippen LogP contribution in [-0.4, -0.2) is 28.3 Å². The highest BCUT2D eigenvalue weighted by molar-refractivity contribution is 7.14. The quantitative estimate of drug-likeness (QED) is 0.438. The van der Waals surface area contributed by atoms with Crippen molar-refractivity contribution < 1.29 is 14.3 Å². The molecule has 0 spiro atoms. The molecule has 5 nitrogen and oxygen atoms in total. The predicted molar refractivity (Wildman–Crippen MR) is 109 cm³/mol. The van der Waals surface area contributed by atoms with E-state index in [0.29, 0.717) is 10.6 Å². The fraction of sp³-hybridized carbons (Fsp3) is 0.150. The van der Waals surface area contributed by atoms with Gasteiger partial charge in [0.15, 0.2) is 0 Å². The molecule has 1 aliphatic carbocycles. The molecule has 1 saturated carbocycles. The van der Waals surface area contributed by atoms with Crippen molar-refractivity contribution in [2.24, 2.45) is 5.10 Å². The van der Waals surface area contributed by atoms with Crippen LogP contribution in [0, 0.1) is 5.82 Å². The van der Waals surface area contributed by atoms with Crippen molar-refractivity contribution in [2.45, 2.75) is 18.9 Å². The fourth-order valence-electron chi connectivity index (χ4n) is 2.69. The summed E-state index contributed by atoms with van der Waals surface area (Å²) >= 11 is 7.40. The lowest BCUT2D eigenvalue weighted by Crippen LogP contribution is -2.19. The molecular weight excluding hydrogens is 401 g/mol. The molecule has 4 rings (SSSR count). The zero-order valence-corrected chi connectivity index (χ0v) is 16.1. The number of aromatic nitrogens is 1. The summed E-state index contributed by atoms with van der Waals surface area (Å²) in [5.74, 6) is -1.79. The van der Waals surface area contributed by atoms with Crippen LogP contribution in [0.3, 0.4) is 0 Å². The van der Waals surface area contributed by atoms with Gasteiger partial charge in [-0.25, -0.2) is 19.2 Å². The van der Waals surface area contributed by atoms with Crippen LogP contribution in [0.1, 0.15) is 28.8 Å². The molecule has 1 aromatic heterocycles. The molecule has 0 atom stereocenters. The maximum absolute atomic E-state index is 13.4. The second-order valence-electron chi connectivity index (χ2n) is 6.38. The minimum Gasteiger partial charge on any atom is -0.478 e. The van der Waals surface area contributed by atoms with E-state index >= 15 is 0 Å². The first-order valence-corrected chi connectivity index (χ1v) is 9.84. The Morgan fingerprint density at radius 1 is 1.29 bits per heavy atom. The molecule has 1 N–H and O–H groups in total. The largest absolute Gasteiger partial charge is 0.478 e. The van der Waals surface area contributed by atoms with Gasteiger partial charge in [-0.15, -0.1) is 11.3 Å². The van der Waals surface area contributed by atoms with Gasteiger partial charge in [-0.3, -0.25) is 0 Å². The van der Waals surface area contributed by atoms with Crippen LogP contribution in [0.5, 0.6) is 0 Å². The average molecular weight is 416 g/mol. The number of halogens is 2. The van der Waals surface area contributed by atoms with Crippen molar-refractivity contribution in [3.05, 3.63) is 69.8 Å². The van der Waals surface area contributed by atoms with E-state index in [1.807, 2.05) is 29.6 Å². The minimum atomic E-state index is -1.20. The van der Waals surface area contributed by atoms with E-state index in [9.17, 15) is 14.3 Å². The fourth-order valence-corrected chi connectivity index (χ4v) is 3.68. The highest BCUT2D eigenvalue weighted by Gasteiger charge is 2.31. The van der Waals surface area contributed by atoms with Gasteiger partial charge >= 0.3 is 5.97 Å². The molecule has 8 heteroatoms. The first-order chi connectivity index (χ1) is 13.5. The van der Waals surface area contributed by atoms with Gasteiger partial charge < -0.3 is 5.11 Å². The van der Waals surface area contributed by atoms with Crippen LogP contribution >= 0.6 is 22.9 Å². The molecule has 0 bridgehead atoms. The van der Waals surface area contributed by atoms with Crippen molar-refractivity contribution in [3.8, 4) is 11.3 Å². The van der Waals surface area contributed by atoms with Crippen molar-refractivity contribution in [1.29, 1.82) is 0 Å². The summed E-state index contributed by atoms with van der Waals surface area (Å²) in [5.41, 5.74) is 2.00.